The zero-order valence-electron chi connectivity index (χ0n) is 16.0. The Balaban J connectivity index is 1.41. The van der Waals surface area contributed by atoms with E-state index in [9.17, 15) is 14.9 Å². The van der Waals surface area contributed by atoms with E-state index in [4.69, 9.17) is 16.0 Å². The average molecular weight is 442 g/mol. The lowest BCUT2D eigenvalue weighted by Gasteiger charge is -2.08. The molecule has 0 radical (unpaired) electrons. The summed E-state index contributed by atoms with van der Waals surface area (Å²) in [7, 11) is 0. The zero-order valence-corrected chi connectivity index (χ0v) is 16.7. The van der Waals surface area contributed by atoms with Crippen molar-refractivity contribution >= 4 is 40.0 Å². The Kier molecular flexibility index (Phi) is 5.76. The van der Waals surface area contributed by atoms with Crippen molar-refractivity contribution < 1.29 is 14.1 Å². The van der Waals surface area contributed by atoms with E-state index < -0.39 is 10.8 Å². The monoisotopic (exact) mass is 441 g/mol. The largest absolute Gasteiger partial charge is 0.467 e. The number of carbonyl (C=O) groups is 1. The van der Waals surface area contributed by atoms with Gasteiger partial charge in [0, 0.05) is 18.7 Å². The molecule has 0 unspecified atom stereocenters. The lowest BCUT2D eigenvalue weighted by atomic mass is 10.2. The number of fused-ring (bicyclic) bond motifs is 1. The second-order valence-electron chi connectivity index (χ2n) is 6.44. The number of carbonyl (C=O) groups excluding carboxylic acids is 1. The molecule has 0 aliphatic carbocycles. The van der Waals surface area contributed by atoms with Gasteiger partial charge in [0.1, 0.15) is 17.9 Å². The first-order valence-electron chi connectivity index (χ1n) is 9.18. The van der Waals surface area contributed by atoms with Crippen molar-refractivity contribution in [1.29, 1.82) is 0 Å². The number of hydrogen-bond acceptors (Lipinski definition) is 8. The maximum absolute atomic E-state index is 12.4. The topological polar surface area (TPSA) is 141 Å². The van der Waals surface area contributed by atoms with Crippen LogP contribution >= 0.6 is 11.6 Å². The Hall–Kier alpha value is -3.99. The number of anilines is 1. The van der Waals surface area contributed by atoms with Crippen molar-refractivity contribution in [2.24, 2.45) is 0 Å². The summed E-state index contributed by atoms with van der Waals surface area (Å²) < 4.78 is 6.93. The maximum Gasteiger partial charge on any atom is 0.270 e. The molecule has 0 saturated heterocycles. The summed E-state index contributed by atoms with van der Waals surface area (Å²) in [4.78, 5) is 31.2. The van der Waals surface area contributed by atoms with Crippen LogP contribution in [0.5, 0.6) is 0 Å². The zero-order chi connectivity index (χ0) is 21.8. The summed E-state index contributed by atoms with van der Waals surface area (Å²) in [5.41, 5.74) is 0.423. The third kappa shape index (κ3) is 4.46. The van der Waals surface area contributed by atoms with Crippen LogP contribution in [-0.2, 0) is 13.1 Å². The van der Waals surface area contributed by atoms with E-state index in [0.717, 1.165) is 17.2 Å². The van der Waals surface area contributed by atoms with Crippen molar-refractivity contribution in [1.82, 2.24) is 25.1 Å². The molecule has 0 aliphatic heterocycles. The molecule has 11 nitrogen and oxygen atoms in total. The molecule has 0 saturated carbocycles. The van der Waals surface area contributed by atoms with Gasteiger partial charge < -0.3 is 15.1 Å². The second kappa shape index (κ2) is 8.79. The van der Waals surface area contributed by atoms with Crippen molar-refractivity contribution in [3.05, 3.63) is 75.6 Å². The molecule has 4 rings (SSSR count). The highest BCUT2D eigenvalue weighted by Gasteiger charge is 2.16. The molecule has 0 fully saturated rings. The van der Waals surface area contributed by atoms with Crippen molar-refractivity contribution in [2.45, 2.75) is 13.1 Å². The van der Waals surface area contributed by atoms with Crippen molar-refractivity contribution in [2.75, 3.05) is 11.9 Å². The molecule has 0 atom stereocenters. The fourth-order valence-corrected chi connectivity index (χ4v) is 3.16. The lowest BCUT2D eigenvalue weighted by Crippen LogP contribution is -2.27. The summed E-state index contributed by atoms with van der Waals surface area (Å²) in [6, 6.07) is 7.37. The van der Waals surface area contributed by atoms with Gasteiger partial charge in [-0.2, -0.15) is 5.10 Å². The summed E-state index contributed by atoms with van der Waals surface area (Å²) >= 11 is 6.00. The minimum Gasteiger partial charge on any atom is -0.467 e. The highest BCUT2D eigenvalue weighted by molar-refractivity contribution is 6.33. The first-order chi connectivity index (χ1) is 15.0. The van der Waals surface area contributed by atoms with E-state index in [1.165, 1.54) is 18.5 Å². The summed E-state index contributed by atoms with van der Waals surface area (Å²) in [6.45, 7) is 1.01. The second-order valence-corrected chi connectivity index (χ2v) is 6.84. The molecule has 1 aromatic carbocycles. The Morgan fingerprint density at radius 1 is 1.29 bits per heavy atom. The quantitative estimate of drug-likeness (QED) is 0.314. The van der Waals surface area contributed by atoms with Gasteiger partial charge in [-0.15, -0.1) is 0 Å². The van der Waals surface area contributed by atoms with Gasteiger partial charge in [-0.25, -0.2) is 14.6 Å². The molecule has 1 amide bonds. The highest BCUT2D eigenvalue weighted by Crippen LogP contribution is 2.22. The molecule has 158 valence electrons. The van der Waals surface area contributed by atoms with Gasteiger partial charge in [0.25, 0.3) is 11.6 Å². The smallest absolute Gasteiger partial charge is 0.270 e. The minimum atomic E-state index is -0.583. The van der Waals surface area contributed by atoms with E-state index in [-0.39, 0.29) is 22.8 Å². The number of benzene rings is 1. The third-order valence-electron chi connectivity index (χ3n) is 4.46. The number of halogens is 1. The van der Waals surface area contributed by atoms with Crippen LogP contribution in [0.4, 0.5) is 11.5 Å². The van der Waals surface area contributed by atoms with Crippen LogP contribution in [0.15, 0.2) is 53.5 Å². The number of rotatable bonds is 8. The first-order valence-corrected chi connectivity index (χ1v) is 9.55. The fourth-order valence-electron chi connectivity index (χ4n) is 2.95. The average Bonchev–Trinajstić information content (AvgIpc) is 3.42. The number of hydrogen-bond donors (Lipinski definition) is 2. The predicted molar refractivity (Wildman–Crippen MR) is 112 cm³/mol. The number of nitro benzene ring substituents is 1. The minimum absolute atomic E-state index is 0.0351. The number of nitro groups is 1. The van der Waals surface area contributed by atoms with E-state index in [0.29, 0.717) is 24.6 Å². The normalized spacial score (nSPS) is 10.9. The maximum atomic E-state index is 12.4. The number of non-ortho nitro benzene ring substituents is 1. The number of nitrogens with zero attached hydrogens (tertiary/aromatic N) is 5. The van der Waals surface area contributed by atoms with E-state index in [1.807, 2.05) is 6.07 Å². The van der Waals surface area contributed by atoms with E-state index in [2.05, 4.69) is 25.7 Å². The summed E-state index contributed by atoms with van der Waals surface area (Å²) in [6.07, 6.45) is 4.66. The van der Waals surface area contributed by atoms with Crippen LogP contribution in [0.25, 0.3) is 11.0 Å². The van der Waals surface area contributed by atoms with Gasteiger partial charge >= 0.3 is 0 Å². The molecular formula is C19H16ClN7O4. The molecule has 3 heterocycles. The van der Waals surface area contributed by atoms with Gasteiger partial charge in [0.2, 0.25) is 0 Å². The van der Waals surface area contributed by atoms with E-state index >= 15 is 0 Å². The van der Waals surface area contributed by atoms with Gasteiger partial charge in [-0.3, -0.25) is 14.9 Å². The van der Waals surface area contributed by atoms with Crippen molar-refractivity contribution in [3.8, 4) is 0 Å². The Bertz CT molecular complexity index is 1240. The lowest BCUT2D eigenvalue weighted by molar-refractivity contribution is -0.384. The van der Waals surface area contributed by atoms with E-state index in [1.54, 1.807) is 23.2 Å². The number of nitrogens with one attached hydrogen (secondary N) is 2. The van der Waals surface area contributed by atoms with Crippen LogP contribution in [0, 0.1) is 10.1 Å². The van der Waals surface area contributed by atoms with Gasteiger partial charge in [0.05, 0.1) is 46.4 Å². The standard InChI is InChI=1S/C19H16ClN7O4/c20-16-4-3-12(27(29)30)8-14(16)19(28)21-5-6-26-18-15(10-25-26)17(23-11-24-18)22-9-13-2-1-7-31-13/h1-4,7-8,10-11H,5-6,9H2,(H,21,28)(H,22,23,24). The molecule has 0 aliphatic rings. The number of amides is 1. The molecular weight excluding hydrogens is 426 g/mol. The molecule has 2 N–H and O–H groups in total. The highest BCUT2D eigenvalue weighted by atomic mass is 35.5. The van der Waals surface area contributed by atoms with Gasteiger partial charge in [0.15, 0.2) is 5.65 Å². The molecule has 3 aromatic heterocycles. The summed E-state index contributed by atoms with van der Waals surface area (Å²) in [5, 5.41) is 22.0. The number of aromatic nitrogens is 4. The third-order valence-corrected chi connectivity index (χ3v) is 4.79. The van der Waals surface area contributed by atoms with Crippen LogP contribution < -0.4 is 10.6 Å². The summed E-state index contributed by atoms with van der Waals surface area (Å²) in [5.74, 6) is 0.863. The van der Waals surface area contributed by atoms with Gasteiger partial charge in [-0.05, 0) is 18.2 Å². The number of furan rings is 1. The molecule has 0 spiro atoms. The fraction of sp³-hybridized carbons (Fsp3) is 0.158. The Labute approximate surface area is 180 Å². The van der Waals surface area contributed by atoms with Crippen molar-refractivity contribution in [3.63, 3.8) is 0 Å². The van der Waals surface area contributed by atoms with Crippen LogP contribution in [0.2, 0.25) is 5.02 Å². The predicted octanol–water partition coefficient (Wildman–Crippen LogP) is 3.02. The SMILES string of the molecule is O=C(NCCn1ncc2c(NCc3ccco3)ncnc21)c1cc([N+](=O)[O-])ccc1Cl. The Morgan fingerprint density at radius 2 is 2.16 bits per heavy atom. The van der Waals surface area contributed by atoms with Crippen LogP contribution in [-0.4, -0.2) is 37.1 Å². The molecule has 4 aromatic rings. The molecule has 12 heteroatoms. The van der Waals surface area contributed by atoms with Gasteiger partial charge in [-0.1, -0.05) is 11.6 Å². The Morgan fingerprint density at radius 3 is 2.94 bits per heavy atom. The van der Waals surface area contributed by atoms with Crippen LogP contribution in [0.1, 0.15) is 16.1 Å². The molecule has 31 heavy (non-hydrogen) atoms. The van der Waals surface area contributed by atoms with Crippen LogP contribution in [0.3, 0.4) is 0 Å². The molecule has 0 bridgehead atoms. The first kappa shape index (κ1) is 20.3.